The standard InChI is InChI=1S/C20H14N4O5S/c1-10-22-23-20(30-10)21-17(25)12-3-4-13-14(7-12)19(27)24(18(13)26)8-11-2-5-15-16(6-11)29-9-28-15/h2-7H,8-9H2,1H3,(H,21,23,25). The average Bonchev–Trinajstić information content (AvgIpc) is 3.43. The van der Waals surface area contributed by atoms with Gasteiger partial charge in [-0.1, -0.05) is 17.4 Å². The largest absolute Gasteiger partial charge is 0.454 e. The molecular formula is C20H14N4O5S. The van der Waals surface area contributed by atoms with E-state index >= 15 is 0 Å². The normalized spacial score (nSPS) is 14.2. The highest BCUT2D eigenvalue weighted by molar-refractivity contribution is 7.15. The Kier molecular flexibility index (Phi) is 4.21. The van der Waals surface area contributed by atoms with Gasteiger partial charge in [0.05, 0.1) is 17.7 Å². The molecule has 9 nitrogen and oxygen atoms in total. The van der Waals surface area contributed by atoms with E-state index in [1.807, 2.05) is 0 Å². The molecule has 0 radical (unpaired) electrons. The molecule has 2 aliphatic rings. The minimum absolute atomic E-state index is 0.0918. The molecule has 0 aliphatic carbocycles. The van der Waals surface area contributed by atoms with Crippen molar-refractivity contribution in [2.24, 2.45) is 0 Å². The molecule has 0 spiro atoms. The number of carbonyl (C=O) groups excluding carboxylic acids is 3. The van der Waals surface area contributed by atoms with Crippen molar-refractivity contribution in [1.29, 1.82) is 0 Å². The summed E-state index contributed by atoms with van der Waals surface area (Å²) in [5, 5.41) is 11.4. The van der Waals surface area contributed by atoms with Gasteiger partial charge in [-0.3, -0.25) is 24.6 Å². The predicted octanol–water partition coefficient (Wildman–Crippen LogP) is 2.62. The fourth-order valence-corrected chi connectivity index (χ4v) is 3.90. The molecule has 1 N–H and O–H groups in total. The lowest BCUT2D eigenvalue weighted by atomic mass is 10.1. The van der Waals surface area contributed by atoms with Crippen LogP contribution in [0.25, 0.3) is 0 Å². The lowest BCUT2D eigenvalue weighted by Crippen LogP contribution is -2.29. The van der Waals surface area contributed by atoms with Gasteiger partial charge in [0.2, 0.25) is 11.9 Å². The van der Waals surface area contributed by atoms with Crippen LogP contribution in [0.4, 0.5) is 5.13 Å². The molecular weight excluding hydrogens is 408 g/mol. The van der Waals surface area contributed by atoms with Gasteiger partial charge >= 0.3 is 0 Å². The molecule has 0 saturated heterocycles. The fourth-order valence-electron chi connectivity index (χ4n) is 3.31. The number of hydrogen-bond donors (Lipinski definition) is 1. The molecule has 0 atom stereocenters. The highest BCUT2D eigenvalue weighted by atomic mass is 32.1. The SMILES string of the molecule is Cc1nnc(NC(=O)c2ccc3c(c2)C(=O)N(Cc2ccc4c(c2)OCO4)C3=O)s1. The number of hydrogen-bond acceptors (Lipinski definition) is 8. The van der Waals surface area contributed by atoms with Crippen LogP contribution in [0.15, 0.2) is 36.4 Å². The molecule has 2 aliphatic heterocycles. The Morgan fingerprint density at radius 2 is 1.87 bits per heavy atom. The van der Waals surface area contributed by atoms with E-state index in [1.165, 1.54) is 29.5 Å². The first kappa shape index (κ1) is 18.3. The van der Waals surface area contributed by atoms with Crippen molar-refractivity contribution in [2.75, 3.05) is 12.1 Å². The number of carbonyl (C=O) groups is 3. The van der Waals surface area contributed by atoms with E-state index in [0.717, 1.165) is 15.5 Å². The van der Waals surface area contributed by atoms with E-state index in [4.69, 9.17) is 9.47 Å². The summed E-state index contributed by atoms with van der Waals surface area (Å²) in [7, 11) is 0. The predicted molar refractivity (Wildman–Crippen MR) is 106 cm³/mol. The molecule has 5 rings (SSSR count). The first-order chi connectivity index (χ1) is 14.5. The summed E-state index contributed by atoms with van der Waals surface area (Å²) in [5.41, 5.74) is 1.46. The van der Waals surface area contributed by atoms with Crippen molar-refractivity contribution < 1.29 is 23.9 Å². The van der Waals surface area contributed by atoms with Crippen LogP contribution < -0.4 is 14.8 Å². The second-order valence-electron chi connectivity index (χ2n) is 6.72. The Bertz CT molecular complexity index is 1220. The molecule has 3 heterocycles. The van der Waals surface area contributed by atoms with Crippen LogP contribution in [0.1, 0.15) is 41.6 Å². The average molecular weight is 422 g/mol. The van der Waals surface area contributed by atoms with Crippen LogP contribution in [0.3, 0.4) is 0 Å². The molecule has 0 bridgehead atoms. The van der Waals surface area contributed by atoms with Crippen LogP contribution in [0, 0.1) is 6.92 Å². The van der Waals surface area contributed by atoms with Crippen LogP contribution in [-0.2, 0) is 6.54 Å². The van der Waals surface area contributed by atoms with Crippen molar-refractivity contribution in [2.45, 2.75) is 13.5 Å². The number of imide groups is 1. The summed E-state index contributed by atoms with van der Waals surface area (Å²) in [6.07, 6.45) is 0. The number of aromatic nitrogens is 2. The van der Waals surface area contributed by atoms with Crippen LogP contribution in [0.5, 0.6) is 11.5 Å². The number of amides is 3. The second-order valence-corrected chi connectivity index (χ2v) is 7.91. The third-order valence-corrected chi connectivity index (χ3v) is 5.51. The van der Waals surface area contributed by atoms with E-state index in [1.54, 1.807) is 25.1 Å². The molecule has 0 unspecified atom stereocenters. The molecule has 150 valence electrons. The van der Waals surface area contributed by atoms with Crippen LogP contribution in [0.2, 0.25) is 0 Å². The van der Waals surface area contributed by atoms with E-state index in [2.05, 4.69) is 15.5 Å². The number of fused-ring (bicyclic) bond motifs is 2. The van der Waals surface area contributed by atoms with Crippen LogP contribution >= 0.6 is 11.3 Å². The summed E-state index contributed by atoms with van der Waals surface area (Å²) < 4.78 is 10.6. The smallest absolute Gasteiger partial charge is 0.261 e. The highest BCUT2D eigenvalue weighted by Crippen LogP contribution is 2.34. The van der Waals surface area contributed by atoms with Crippen molar-refractivity contribution in [3.63, 3.8) is 0 Å². The number of anilines is 1. The summed E-state index contributed by atoms with van der Waals surface area (Å²) in [6.45, 7) is 2.02. The molecule has 0 fully saturated rings. The lowest BCUT2D eigenvalue weighted by Gasteiger charge is -2.14. The Morgan fingerprint density at radius 1 is 1.07 bits per heavy atom. The number of nitrogens with zero attached hydrogens (tertiary/aromatic N) is 3. The topological polar surface area (TPSA) is 111 Å². The Balaban J connectivity index is 1.37. The van der Waals surface area contributed by atoms with Gasteiger partial charge < -0.3 is 9.47 Å². The first-order valence-electron chi connectivity index (χ1n) is 9.00. The molecule has 10 heteroatoms. The lowest BCUT2D eigenvalue weighted by molar-refractivity contribution is 0.0642. The number of rotatable bonds is 4. The molecule has 0 saturated carbocycles. The van der Waals surface area contributed by atoms with Crippen molar-refractivity contribution in [3.8, 4) is 11.5 Å². The minimum Gasteiger partial charge on any atom is -0.454 e. The van der Waals surface area contributed by atoms with Crippen LogP contribution in [-0.4, -0.2) is 39.6 Å². The number of benzene rings is 2. The molecule has 2 aromatic carbocycles. The van der Waals surface area contributed by atoms with E-state index in [-0.39, 0.29) is 30.0 Å². The number of ether oxygens (including phenoxy) is 2. The quantitative estimate of drug-likeness (QED) is 0.644. The zero-order valence-corrected chi connectivity index (χ0v) is 16.5. The van der Waals surface area contributed by atoms with Gasteiger partial charge in [-0.2, -0.15) is 0 Å². The maximum atomic E-state index is 12.9. The van der Waals surface area contributed by atoms with Gasteiger partial charge in [0, 0.05) is 5.56 Å². The van der Waals surface area contributed by atoms with Crippen molar-refractivity contribution in [3.05, 3.63) is 63.7 Å². The van der Waals surface area contributed by atoms with Crippen molar-refractivity contribution >= 4 is 34.2 Å². The minimum atomic E-state index is -0.450. The number of aryl methyl sites for hydroxylation is 1. The molecule has 1 aromatic heterocycles. The molecule has 3 aromatic rings. The Labute approximate surface area is 174 Å². The van der Waals surface area contributed by atoms with Gasteiger partial charge in [0.25, 0.3) is 17.7 Å². The number of nitrogens with one attached hydrogen (secondary N) is 1. The Morgan fingerprint density at radius 3 is 2.67 bits per heavy atom. The van der Waals surface area contributed by atoms with E-state index in [9.17, 15) is 14.4 Å². The summed E-state index contributed by atoms with van der Waals surface area (Å²) >= 11 is 1.24. The van der Waals surface area contributed by atoms with E-state index in [0.29, 0.717) is 16.6 Å². The zero-order valence-electron chi connectivity index (χ0n) is 15.7. The van der Waals surface area contributed by atoms with Gasteiger partial charge in [-0.05, 0) is 42.8 Å². The second kappa shape index (κ2) is 6.92. The summed E-state index contributed by atoms with van der Waals surface area (Å²) in [5.74, 6) is -0.0748. The van der Waals surface area contributed by atoms with E-state index < -0.39 is 17.7 Å². The summed E-state index contributed by atoms with van der Waals surface area (Å²) in [4.78, 5) is 39.3. The monoisotopic (exact) mass is 422 g/mol. The van der Waals surface area contributed by atoms with Crippen molar-refractivity contribution in [1.82, 2.24) is 15.1 Å². The fraction of sp³-hybridized carbons (Fsp3) is 0.150. The maximum absolute atomic E-state index is 12.9. The third-order valence-electron chi connectivity index (χ3n) is 4.76. The van der Waals surface area contributed by atoms with Gasteiger partial charge in [0.15, 0.2) is 11.5 Å². The zero-order chi connectivity index (χ0) is 20.8. The third kappa shape index (κ3) is 3.07. The molecule has 30 heavy (non-hydrogen) atoms. The molecule has 3 amide bonds. The Hall–Kier alpha value is -3.79. The highest BCUT2D eigenvalue weighted by Gasteiger charge is 2.36. The van der Waals surface area contributed by atoms with Gasteiger partial charge in [-0.15, -0.1) is 10.2 Å². The first-order valence-corrected chi connectivity index (χ1v) is 9.81. The van der Waals surface area contributed by atoms with Gasteiger partial charge in [0.1, 0.15) is 5.01 Å². The van der Waals surface area contributed by atoms with Gasteiger partial charge in [-0.25, -0.2) is 0 Å². The summed E-state index contributed by atoms with van der Waals surface area (Å²) in [6, 6.07) is 9.70. The maximum Gasteiger partial charge on any atom is 0.261 e.